The van der Waals surface area contributed by atoms with Crippen LogP contribution >= 0.6 is 0 Å². The van der Waals surface area contributed by atoms with E-state index in [1.54, 1.807) is 18.4 Å². The monoisotopic (exact) mass is 332 g/mol. The second kappa shape index (κ2) is 9.60. The minimum atomic E-state index is -0.211. The highest BCUT2D eigenvalue weighted by molar-refractivity contribution is 5.79. The van der Waals surface area contributed by atoms with Gasteiger partial charge >= 0.3 is 0 Å². The van der Waals surface area contributed by atoms with Gasteiger partial charge in [0.1, 0.15) is 18.1 Å². The fourth-order valence-corrected chi connectivity index (χ4v) is 2.27. The first-order valence-corrected chi connectivity index (χ1v) is 8.20. The minimum Gasteiger partial charge on any atom is -0.467 e. The molecule has 0 bridgehead atoms. The Morgan fingerprint density at radius 2 is 2.12 bits per heavy atom. The highest BCUT2D eigenvalue weighted by Crippen LogP contribution is 2.13. The largest absolute Gasteiger partial charge is 0.467 e. The Labute approximate surface area is 142 Å². The number of hydrogen-bond donors (Lipinski definition) is 2. The molecule has 0 unspecified atom stereocenters. The summed E-state index contributed by atoms with van der Waals surface area (Å²) in [6, 6.07) is 10.4. The maximum atomic E-state index is 13.2. The van der Waals surface area contributed by atoms with Gasteiger partial charge in [0.25, 0.3) is 0 Å². The van der Waals surface area contributed by atoms with Crippen LogP contribution in [0, 0.1) is 5.82 Å². The Morgan fingerprint density at radius 3 is 2.83 bits per heavy atom. The third-order valence-corrected chi connectivity index (χ3v) is 3.53. The molecule has 2 N–H and O–H groups in total. The van der Waals surface area contributed by atoms with Crippen molar-refractivity contribution in [2.24, 2.45) is 4.99 Å². The summed E-state index contributed by atoms with van der Waals surface area (Å²) in [5, 5.41) is 6.50. The molecule has 1 aromatic carbocycles. The molecule has 6 heteroatoms. The van der Waals surface area contributed by atoms with E-state index in [2.05, 4.69) is 15.6 Å². The zero-order valence-corrected chi connectivity index (χ0v) is 14.3. The van der Waals surface area contributed by atoms with E-state index in [-0.39, 0.29) is 5.82 Å². The standard InChI is InChI=1S/C18H25FN4O/c1-3-20-18(22-14-17-9-5-12-24-17)21-10-6-11-23(2)16-8-4-7-15(19)13-16/h4-5,7-9,12-13H,3,6,10-11,14H2,1-2H3,(H2,20,21,22). The highest BCUT2D eigenvalue weighted by Gasteiger charge is 2.03. The predicted molar refractivity (Wildman–Crippen MR) is 95.8 cm³/mol. The van der Waals surface area contributed by atoms with E-state index in [1.807, 2.05) is 37.1 Å². The molecular weight excluding hydrogens is 307 g/mol. The van der Waals surface area contributed by atoms with Crippen LogP contribution < -0.4 is 15.5 Å². The molecule has 0 aliphatic carbocycles. The molecular formula is C18H25FN4O. The van der Waals surface area contributed by atoms with Crippen molar-refractivity contribution in [3.63, 3.8) is 0 Å². The van der Waals surface area contributed by atoms with Crippen LogP contribution in [0.15, 0.2) is 52.1 Å². The summed E-state index contributed by atoms with van der Waals surface area (Å²) in [6.45, 7) is 4.94. The Hall–Kier alpha value is -2.50. The molecule has 2 aromatic rings. The quantitative estimate of drug-likeness (QED) is 0.443. The Kier molecular flexibility index (Phi) is 7.14. The van der Waals surface area contributed by atoms with Gasteiger partial charge in [-0.1, -0.05) is 6.07 Å². The lowest BCUT2D eigenvalue weighted by molar-refractivity contribution is 0.512. The lowest BCUT2D eigenvalue weighted by Crippen LogP contribution is -2.38. The molecule has 0 saturated carbocycles. The average Bonchev–Trinajstić information content (AvgIpc) is 3.09. The van der Waals surface area contributed by atoms with Crippen LogP contribution in [-0.4, -0.2) is 32.6 Å². The maximum absolute atomic E-state index is 13.2. The van der Waals surface area contributed by atoms with Gasteiger partial charge in [0.2, 0.25) is 0 Å². The fourth-order valence-electron chi connectivity index (χ4n) is 2.27. The third-order valence-electron chi connectivity index (χ3n) is 3.53. The predicted octanol–water partition coefficient (Wildman–Crippen LogP) is 3.00. The molecule has 0 aliphatic heterocycles. The van der Waals surface area contributed by atoms with E-state index >= 15 is 0 Å². The molecule has 1 aromatic heterocycles. The van der Waals surface area contributed by atoms with E-state index in [0.29, 0.717) is 6.54 Å². The van der Waals surface area contributed by atoms with Gasteiger partial charge in [0.15, 0.2) is 5.96 Å². The number of aliphatic imine (C=N–C) groups is 1. The topological polar surface area (TPSA) is 52.8 Å². The molecule has 1 heterocycles. The van der Waals surface area contributed by atoms with Gasteiger partial charge in [0, 0.05) is 32.4 Å². The Morgan fingerprint density at radius 1 is 1.25 bits per heavy atom. The molecule has 0 amide bonds. The van der Waals surface area contributed by atoms with Crippen molar-refractivity contribution in [3.05, 3.63) is 54.2 Å². The first-order chi connectivity index (χ1) is 11.7. The van der Waals surface area contributed by atoms with Gasteiger partial charge in [-0.05, 0) is 43.7 Å². The highest BCUT2D eigenvalue weighted by atomic mass is 19.1. The summed E-state index contributed by atoms with van der Waals surface area (Å²) in [7, 11) is 1.96. The number of furan rings is 1. The van der Waals surface area contributed by atoms with Crippen molar-refractivity contribution in [3.8, 4) is 0 Å². The molecule has 0 aliphatic rings. The van der Waals surface area contributed by atoms with Crippen LogP contribution in [0.25, 0.3) is 0 Å². The van der Waals surface area contributed by atoms with E-state index in [4.69, 9.17) is 4.42 Å². The van der Waals surface area contributed by atoms with Gasteiger partial charge in [-0.15, -0.1) is 0 Å². The van der Waals surface area contributed by atoms with Crippen molar-refractivity contribution >= 4 is 11.6 Å². The normalized spacial score (nSPS) is 11.4. The van der Waals surface area contributed by atoms with Gasteiger partial charge in [0.05, 0.1) is 6.26 Å². The van der Waals surface area contributed by atoms with Crippen LogP contribution in [-0.2, 0) is 6.54 Å². The van der Waals surface area contributed by atoms with Crippen LogP contribution in [0.1, 0.15) is 19.1 Å². The number of guanidine groups is 1. The Balaban J connectivity index is 1.75. The second-order valence-corrected chi connectivity index (χ2v) is 5.46. The summed E-state index contributed by atoms with van der Waals surface area (Å²) in [6.07, 6.45) is 2.56. The lowest BCUT2D eigenvalue weighted by atomic mass is 10.2. The van der Waals surface area contributed by atoms with Crippen LogP contribution in [0.4, 0.5) is 10.1 Å². The van der Waals surface area contributed by atoms with E-state index in [0.717, 1.165) is 43.5 Å². The van der Waals surface area contributed by atoms with E-state index in [9.17, 15) is 4.39 Å². The van der Waals surface area contributed by atoms with Crippen molar-refractivity contribution in [1.82, 2.24) is 10.6 Å². The molecule has 2 rings (SSSR count). The van der Waals surface area contributed by atoms with Crippen LogP contribution in [0.2, 0.25) is 0 Å². The molecule has 0 saturated heterocycles. The number of benzene rings is 1. The third kappa shape index (κ3) is 5.95. The lowest BCUT2D eigenvalue weighted by Gasteiger charge is -2.19. The first-order valence-electron chi connectivity index (χ1n) is 8.20. The smallest absolute Gasteiger partial charge is 0.191 e. The SMILES string of the molecule is CCNC(=NCc1ccco1)NCCCN(C)c1cccc(F)c1. The molecule has 0 atom stereocenters. The minimum absolute atomic E-state index is 0.211. The summed E-state index contributed by atoms with van der Waals surface area (Å²) in [5.41, 5.74) is 0.883. The van der Waals surface area contributed by atoms with Crippen LogP contribution in [0.3, 0.4) is 0 Å². The number of nitrogens with one attached hydrogen (secondary N) is 2. The summed E-state index contributed by atoms with van der Waals surface area (Å²) in [4.78, 5) is 6.52. The second-order valence-electron chi connectivity index (χ2n) is 5.46. The van der Waals surface area contributed by atoms with Crippen LogP contribution in [0.5, 0.6) is 0 Å². The summed E-state index contributed by atoms with van der Waals surface area (Å²) < 4.78 is 18.5. The zero-order chi connectivity index (χ0) is 17.2. The maximum Gasteiger partial charge on any atom is 0.191 e. The van der Waals surface area contributed by atoms with Gasteiger partial charge in [-0.25, -0.2) is 9.38 Å². The zero-order valence-electron chi connectivity index (χ0n) is 14.3. The summed E-state index contributed by atoms with van der Waals surface area (Å²) >= 11 is 0. The molecule has 5 nitrogen and oxygen atoms in total. The fraction of sp³-hybridized carbons (Fsp3) is 0.389. The van der Waals surface area contributed by atoms with Gasteiger partial charge in [-0.3, -0.25) is 0 Å². The molecule has 130 valence electrons. The number of hydrogen-bond acceptors (Lipinski definition) is 3. The van der Waals surface area contributed by atoms with Gasteiger partial charge < -0.3 is 20.0 Å². The van der Waals surface area contributed by atoms with Gasteiger partial charge in [-0.2, -0.15) is 0 Å². The number of halogens is 1. The Bertz CT molecular complexity index is 628. The van der Waals surface area contributed by atoms with Crippen molar-refractivity contribution in [2.75, 3.05) is 31.6 Å². The average molecular weight is 332 g/mol. The molecule has 0 fully saturated rings. The van der Waals surface area contributed by atoms with E-state index < -0.39 is 0 Å². The number of nitrogens with zero attached hydrogens (tertiary/aromatic N) is 2. The number of anilines is 1. The molecule has 24 heavy (non-hydrogen) atoms. The summed E-state index contributed by atoms with van der Waals surface area (Å²) in [5.74, 6) is 1.39. The van der Waals surface area contributed by atoms with Crippen molar-refractivity contribution in [2.45, 2.75) is 19.9 Å². The number of rotatable bonds is 8. The first kappa shape index (κ1) is 17.8. The molecule has 0 spiro atoms. The van der Waals surface area contributed by atoms with E-state index in [1.165, 1.54) is 6.07 Å². The van der Waals surface area contributed by atoms with Crippen molar-refractivity contribution < 1.29 is 8.81 Å². The van der Waals surface area contributed by atoms with Crippen molar-refractivity contribution in [1.29, 1.82) is 0 Å². The molecule has 0 radical (unpaired) electrons.